The van der Waals surface area contributed by atoms with E-state index in [0.29, 0.717) is 0 Å². The molecule has 3 heteroatoms. The van der Waals surface area contributed by atoms with E-state index in [4.69, 9.17) is 10.5 Å². The van der Waals surface area contributed by atoms with Gasteiger partial charge in [-0.3, -0.25) is 0 Å². The zero-order valence-electron chi connectivity index (χ0n) is 8.82. The molecular formula is C12H15NOS. The van der Waals surface area contributed by atoms with Gasteiger partial charge in [-0.15, -0.1) is 11.3 Å². The van der Waals surface area contributed by atoms with Crippen LogP contribution in [0.15, 0.2) is 23.6 Å². The molecule has 0 saturated carbocycles. The summed E-state index contributed by atoms with van der Waals surface area (Å²) in [6.45, 7) is 0.728. The van der Waals surface area contributed by atoms with Crippen LogP contribution in [0.5, 0.6) is 5.75 Å². The van der Waals surface area contributed by atoms with E-state index < -0.39 is 0 Å². The highest BCUT2D eigenvalue weighted by Gasteiger charge is 2.08. The predicted octanol–water partition coefficient (Wildman–Crippen LogP) is 2.80. The Morgan fingerprint density at radius 3 is 2.93 bits per heavy atom. The lowest BCUT2D eigenvalue weighted by Crippen LogP contribution is -2.01. The number of thiophene rings is 1. The number of nitrogens with two attached hydrogens (primary N) is 1. The van der Waals surface area contributed by atoms with Crippen molar-refractivity contribution < 1.29 is 4.74 Å². The van der Waals surface area contributed by atoms with Gasteiger partial charge in [0.15, 0.2) is 0 Å². The molecule has 0 unspecified atom stereocenters. The minimum atomic E-state index is 0.728. The summed E-state index contributed by atoms with van der Waals surface area (Å²) in [4.78, 5) is 0. The fourth-order valence-electron chi connectivity index (χ4n) is 1.76. The van der Waals surface area contributed by atoms with Gasteiger partial charge in [-0.2, -0.15) is 0 Å². The van der Waals surface area contributed by atoms with Crippen LogP contribution in [-0.2, 0) is 6.42 Å². The summed E-state index contributed by atoms with van der Waals surface area (Å²) in [5.41, 5.74) is 6.78. The minimum Gasteiger partial charge on any atom is -0.495 e. The van der Waals surface area contributed by atoms with E-state index in [1.807, 2.05) is 0 Å². The Labute approximate surface area is 93.7 Å². The third-order valence-corrected chi connectivity index (χ3v) is 3.44. The second kappa shape index (κ2) is 4.64. The average molecular weight is 221 g/mol. The van der Waals surface area contributed by atoms with Crippen LogP contribution in [0.2, 0.25) is 0 Å². The molecule has 2 aromatic rings. The molecule has 2 rings (SSSR count). The van der Waals surface area contributed by atoms with E-state index in [2.05, 4.69) is 23.6 Å². The molecule has 0 bridgehead atoms. The summed E-state index contributed by atoms with van der Waals surface area (Å²) in [6.07, 6.45) is 2.00. The Balaban J connectivity index is 2.44. The molecule has 2 N–H and O–H groups in total. The number of rotatable bonds is 4. The van der Waals surface area contributed by atoms with Gasteiger partial charge in [0.05, 0.1) is 11.8 Å². The van der Waals surface area contributed by atoms with Gasteiger partial charge < -0.3 is 10.5 Å². The Morgan fingerprint density at radius 2 is 2.20 bits per heavy atom. The molecule has 80 valence electrons. The van der Waals surface area contributed by atoms with Gasteiger partial charge in [-0.05, 0) is 41.8 Å². The smallest absolute Gasteiger partial charge is 0.139 e. The quantitative estimate of drug-likeness (QED) is 0.861. The van der Waals surface area contributed by atoms with Crippen LogP contribution in [0.25, 0.3) is 10.1 Å². The Kier molecular flexibility index (Phi) is 3.23. The first-order chi connectivity index (χ1) is 7.36. The molecule has 0 amide bonds. The zero-order chi connectivity index (χ0) is 10.7. The Bertz CT molecular complexity index is 450. The maximum atomic E-state index is 5.52. The molecule has 15 heavy (non-hydrogen) atoms. The molecule has 1 aromatic heterocycles. The molecule has 0 atom stereocenters. The Hall–Kier alpha value is -1.06. The van der Waals surface area contributed by atoms with Gasteiger partial charge in [-0.1, -0.05) is 12.1 Å². The number of hydrogen-bond acceptors (Lipinski definition) is 3. The maximum absolute atomic E-state index is 5.52. The van der Waals surface area contributed by atoms with Crippen LogP contribution in [0.1, 0.15) is 12.0 Å². The van der Waals surface area contributed by atoms with Crippen LogP contribution in [0.3, 0.4) is 0 Å². The number of methoxy groups -OCH3 is 1. The van der Waals surface area contributed by atoms with Crippen LogP contribution in [0.4, 0.5) is 0 Å². The molecule has 0 aliphatic heterocycles. The first-order valence-corrected chi connectivity index (χ1v) is 5.98. The summed E-state index contributed by atoms with van der Waals surface area (Å²) in [5.74, 6) is 1.02. The second-order valence-corrected chi connectivity index (χ2v) is 4.41. The number of aryl methyl sites for hydroxylation is 1. The summed E-state index contributed by atoms with van der Waals surface area (Å²) in [5, 5.41) is 3.35. The molecule has 1 heterocycles. The van der Waals surface area contributed by atoms with Crippen LogP contribution >= 0.6 is 11.3 Å². The van der Waals surface area contributed by atoms with Crippen molar-refractivity contribution in [2.45, 2.75) is 12.8 Å². The monoisotopic (exact) mass is 221 g/mol. The van der Waals surface area contributed by atoms with Gasteiger partial charge in [0, 0.05) is 0 Å². The van der Waals surface area contributed by atoms with Gasteiger partial charge in [0.25, 0.3) is 0 Å². The number of benzene rings is 1. The van der Waals surface area contributed by atoms with Crippen molar-refractivity contribution in [3.05, 3.63) is 29.1 Å². The molecule has 0 fully saturated rings. The van der Waals surface area contributed by atoms with Crippen molar-refractivity contribution in [3.63, 3.8) is 0 Å². The molecule has 0 saturated heterocycles. The van der Waals surface area contributed by atoms with Crippen LogP contribution in [-0.4, -0.2) is 13.7 Å². The SMILES string of the molecule is COc1c(CCCN)ccc2ccsc12. The highest BCUT2D eigenvalue weighted by Crippen LogP contribution is 2.34. The minimum absolute atomic E-state index is 0.728. The van der Waals surface area contributed by atoms with Crippen molar-refractivity contribution in [2.24, 2.45) is 5.73 Å². The third-order valence-electron chi connectivity index (χ3n) is 2.51. The summed E-state index contributed by atoms with van der Waals surface area (Å²) in [7, 11) is 1.74. The summed E-state index contributed by atoms with van der Waals surface area (Å²) in [6, 6.07) is 6.42. The fraction of sp³-hybridized carbons (Fsp3) is 0.333. The molecule has 0 radical (unpaired) electrons. The molecule has 0 aliphatic carbocycles. The maximum Gasteiger partial charge on any atom is 0.139 e. The van der Waals surface area contributed by atoms with Crippen molar-refractivity contribution >= 4 is 21.4 Å². The van der Waals surface area contributed by atoms with E-state index in [-0.39, 0.29) is 0 Å². The second-order valence-electron chi connectivity index (χ2n) is 3.49. The third kappa shape index (κ3) is 1.98. The lowest BCUT2D eigenvalue weighted by molar-refractivity contribution is 0.415. The number of hydrogen-bond donors (Lipinski definition) is 1. The first-order valence-electron chi connectivity index (χ1n) is 5.10. The standard InChI is InChI=1S/C12H15NOS/c1-14-11-9(3-2-7-13)4-5-10-6-8-15-12(10)11/h4-6,8H,2-3,7,13H2,1H3. The number of fused-ring (bicyclic) bond motifs is 1. The zero-order valence-corrected chi connectivity index (χ0v) is 9.64. The molecule has 0 aliphatic rings. The van der Waals surface area contributed by atoms with E-state index in [1.54, 1.807) is 18.4 Å². The van der Waals surface area contributed by atoms with E-state index >= 15 is 0 Å². The number of ether oxygens (including phenoxy) is 1. The topological polar surface area (TPSA) is 35.2 Å². The molecular weight excluding hydrogens is 206 g/mol. The Morgan fingerprint density at radius 1 is 1.33 bits per heavy atom. The molecule has 0 spiro atoms. The van der Waals surface area contributed by atoms with Gasteiger partial charge >= 0.3 is 0 Å². The van der Waals surface area contributed by atoms with Crippen molar-refractivity contribution in [1.29, 1.82) is 0 Å². The van der Waals surface area contributed by atoms with E-state index in [1.165, 1.54) is 15.6 Å². The predicted molar refractivity (Wildman–Crippen MR) is 65.8 cm³/mol. The lowest BCUT2D eigenvalue weighted by Gasteiger charge is -2.08. The van der Waals surface area contributed by atoms with Crippen LogP contribution in [0, 0.1) is 0 Å². The van der Waals surface area contributed by atoms with Gasteiger partial charge in [0.1, 0.15) is 5.75 Å². The van der Waals surface area contributed by atoms with E-state index in [9.17, 15) is 0 Å². The highest BCUT2D eigenvalue weighted by molar-refractivity contribution is 7.17. The molecule has 1 aromatic carbocycles. The van der Waals surface area contributed by atoms with E-state index in [0.717, 1.165) is 25.1 Å². The van der Waals surface area contributed by atoms with Crippen molar-refractivity contribution in [1.82, 2.24) is 0 Å². The lowest BCUT2D eigenvalue weighted by atomic mass is 10.1. The largest absolute Gasteiger partial charge is 0.495 e. The normalized spacial score (nSPS) is 10.8. The van der Waals surface area contributed by atoms with Crippen molar-refractivity contribution in [2.75, 3.05) is 13.7 Å². The van der Waals surface area contributed by atoms with Crippen LogP contribution < -0.4 is 10.5 Å². The highest BCUT2D eigenvalue weighted by atomic mass is 32.1. The van der Waals surface area contributed by atoms with Gasteiger partial charge in [0.2, 0.25) is 0 Å². The van der Waals surface area contributed by atoms with Gasteiger partial charge in [-0.25, -0.2) is 0 Å². The van der Waals surface area contributed by atoms with Crippen molar-refractivity contribution in [3.8, 4) is 5.75 Å². The summed E-state index contributed by atoms with van der Waals surface area (Å²) >= 11 is 1.73. The average Bonchev–Trinajstić information content (AvgIpc) is 2.73. The fourth-order valence-corrected chi connectivity index (χ4v) is 2.70. The molecule has 2 nitrogen and oxygen atoms in total. The first kappa shape index (κ1) is 10.5. The summed E-state index contributed by atoms with van der Waals surface area (Å²) < 4.78 is 6.73.